The number of carbonyl (C=O) groups is 1. The minimum atomic E-state index is -0.227. The van der Waals surface area contributed by atoms with Crippen LogP contribution in [0.15, 0.2) is 39.2 Å². The molecule has 1 fully saturated rings. The van der Waals surface area contributed by atoms with E-state index >= 15 is 0 Å². The summed E-state index contributed by atoms with van der Waals surface area (Å²) in [6.45, 7) is 3.48. The maximum Gasteiger partial charge on any atom is 0.266 e. The Balaban J connectivity index is 1.66. The molecule has 2 aromatic heterocycles. The molecule has 3 heterocycles. The van der Waals surface area contributed by atoms with Gasteiger partial charge < -0.3 is 23.5 Å². The number of ether oxygens (including phenoxy) is 1. The van der Waals surface area contributed by atoms with E-state index in [1.165, 1.54) is 0 Å². The first-order valence-electron chi connectivity index (χ1n) is 8.26. The van der Waals surface area contributed by atoms with Gasteiger partial charge in [0, 0.05) is 18.5 Å². The van der Waals surface area contributed by atoms with Crippen molar-refractivity contribution in [3.8, 4) is 0 Å². The number of H-pyrrole nitrogens is 1. The maximum atomic E-state index is 13.1. The number of benzene rings is 1. The number of hydrogen-bond donors (Lipinski definition) is 1. The second-order valence-corrected chi connectivity index (χ2v) is 6.34. The van der Waals surface area contributed by atoms with Gasteiger partial charge in [-0.15, -0.1) is 0 Å². The number of fused-ring (bicyclic) bond motifs is 1. The molecule has 1 amide bonds. The predicted octanol–water partition coefficient (Wildman–Crippen LogP) is 3.86. The molecule has 1 N–H and O–H groups in total. The molecular weight excluding hydrogens is 340 g/mol. The van der Waals surface area contributed by atoms with Crippen LogP contribution in [0.4, 0.5) is 0 Å². The van der Waals surface area contributed by atoms with E-state index in [1.54, 1.807) is 23.1 Å². The Labute approximate surface area is 149 Å². The minimum Gasteiger partial charge on any atom is -0.464 e. The van der Waals surface area contributed by atoms with Gasteiger partial charge in [-0.2, -0.15) is 0 Å². The van der Waals surface area contributed by atoms with Gasteiger partial charge in [0.05, 0.1) is 18.7 Å². The number of nitrogens with zero attached hydrogens (tertiary/aromatic N) is 1. The quantitative estimate of drug-likeness (QED) is 0.720. The van der Waals surface area contributed by atoms with Gasteiger partial charge in [0.25, 0.3) is 10.7 Å². The van der Waals surface area contributed by atoms with E-state index in [1.807, 2.05) is 19.1 Å². The fourth-order valence-corrected chi connectivity index (χ4v) is 3.29. The summed E-state index contributed by atoms with van der Waals surface area (Å²) in [6.07, 6.45) is 0.816. The lowest BCUT2D eigenvalue weighted by Crippen LogP contribution is -2.43. The summed E-state index contributed by atoms with van der Waals surface area (Å²) >= 11 is 5.00. The molecule has 1 aliphatic rings. The van der Waals surface area contributed by atoms with Gasteiger partial charge in [-0.05, 0) is 42.5 Å². The first kappa shape index (κ1) is 16.1. The van der Waals surface area contributed by atoms with Crippen LogP contribution in [0.5, 0.6) is 0 Å². The second-order valence-electron chi connectivity index (χ2n) is 5.97. The number of amides is 1. The summed E-state index contributed by atoms with van der Waals surface area (Å²) in [5.41, 5.74) is 1.91. The molecular formula is C18H18N2O4S. The number of furan rings is 1. The van der Waals surface area contributed by atoms with Crippen LogP contribution in [-0.2, 0) is 11.2 Å². The lowest BCUT2D eigenvalue weighted by Gasteiger charge is -2.34. The maximum absolute atomic E-state index is 13.1. The predicted molar refractivity (Wildman–Crippen MR) is 94.1 cm³/mol. The molecule has 0 bridgehead atoms. The lowest BCUT2D eigenvalue weighted by atomic mass is 10.1. The van der Waals surface area contributed by atoms with Gasteiger partial charge >= 0.3 is 0 Å². The van der Waals surface area contributed by atoms with Crippen LogP contribution in [0.2, 0.25) is 0 Å². The molecule has 130 valence electrons. The van der Waals surface area contributed by atoms with E-state index < -0.39 is 0 Å². The standard InChI is InChI=1S/C18H18N2O4S/c1-2-12-4-6-15(23-12)14-10-22-8-7-20(14)17(21)11-3-5-13-16(9-11)24-18(25)19-13/h3-6,9,14H,2,7-8,10H2,1H3,(H,19,25)/t14-/m1/s1. The zero-order chi connectivity index (χ0) is 17.4. The van der Waals surface area contributed by atoms with Crippen molar-refractivity contribution in [1.82, 2.24) is 9.88 Å². The first-order chi connectivity index (χ1) is 12.2. The zero-order valence-corrected chi connectivity index (χ0v) is 14.6. The van der Waals surface area contributed by atoms with Gasteiger partial charge in [0.2, 0.25) is 0 Å². The van der Waals surface area contributed by atoms with Gasteiger partial charge in [-0.3, -0.25) is 4.79 Å². The number of rotatable bonds is 3. The largest absolute Gasteiger partial charge is 0.464 e. The highest BCUT2D eigenvalue weighted by Crippen LogP contribution is 2.28. The number of aromatic nitrogens is 1. The van der Waals surface area contributed by atoms with Crippen LogP contribution < -0.4 is 0 Å². The fourth-order valence-electron chi connectivity index (χ4n) is 3.09. The van der Waals surface area contributed by atoms with Crippen molar-refractivity contribution < 1.29 is 18.4 Å². The Hall–Kier alpha value is -2.38. The zero-order valence-electron chi connectivity index (χ0n) is 13.8. The smallest absolute Gasteiger partial charge is 0.266 e. The third-order valence-corrected chi connectivity index (χ3v) is 4.60. The number of aromatic amines is 1. The highest BCUT2D eigenvalue weighted by atomic mass is 32.1. The SMILES string of the molecule is CCc1ccc([C@H]2COCCN2C(=O)c2ccc3[nH]c(=S)oc3c2)o1. The summed E-state index contributed by atoms with van der Waals surface area (Å²) in [7, 11) is 0. The van der Waals surface area contributed by atoms with Crippen molar-refractivity contribution in [3.63, 3.8) is 0 Å². The summed E-state index contributed by atoms with van der Waals surface area (Å²) in [4.78, 5) is 18.1. The monoisotopic (exact) mass is 358 g/mol. The molecule has 1 aliphatic heterocycles. The van der Waals surface area contributed by atoms with E-state index in [-0.39, 0.29) is 11.9 Å². The first-order valence-corrected chi connectivity index (χ1v) is 8.66. The highest BCUT2D eigenvalue weighted by Gasteiger charge is 2.31. The molecule has 0 aliphatic carbocycles. The fraction of sp³-hybridized carbons (Fsp3) is 0.333. The van der Waals surface area contributed by atoms with Crippen molar-refractivity contribution in [2.75, 3.05) is 19.8 Å². The van der Waals surface area contributed by atoms with Crippen molar-refractivity contribution in [3.05, 3.63) is 52.3 Å². The van der Waals surface area contributed by atoms with Crippen LogP contribution in [0.3, 0.4) is 0 Å². The third-order valence-electron chi connectivity index (χ3n) is 4.42. The molecule has 1 atom stereocenters. The number of aryl methyl sites for hydroxylation is 1. The molecule has 1 aromatic carbocycles. The van der Waals surface area contributed by atoms with E-state index in [4.69, 9.17) is 25.8 Å². The van der Waals surface area contributed by atoms with Crippen LogP contribution in [0.25, 0.3) is 11.1 Å². The Morgan fingerprint density at radius 1 is 1.32 bits per heavy atom. The van der Waals surface area contributed by atoms with Gasteiger partial charge in [0.15, 0.2) is 5.58 Å². The topological polar surface area (TPSA) is 71.6 Å². The molecule has 6 nitrogen and oxygen atoms in total. The Bertz CT molecular complexity index is 971. The number of nitrogens with one attached hydrogen (secondary N) is 1. The van der Waals surface area contributed by atoms with Gasteiger partial charge in [-0.1, -0.05) is 6.92 Å². The summed E-state index contributed by atoms with van der Waals surface area (Å²) in [5, 5.41) is 0. The average Bonchev–Trinajstić information content (AvgIpc) is 3.25. The molecule has 7 heteroatoms. The average molecular weight is 358 g/mol. The third kappa shape index (κ3) is 3.01. The number of oxazole rings is 1. The van der Waals surface area contributed by atoms with Crippen LogP contribution >= 0.6 is 12.2 Å². The normalized spacial score (nSPS) is 18.0. The van der Waals surface area contributed by atoms with E-state index in [2.05, 4.69) is 4.98 Å². The van der Waals surface area contributed by atoms with E-state index in [0.717, 1.165) is 23.5 Å². The molecule has 3 aromatic rings. The van der Waals surface area contributed by atoms with Crippen LogP contribution in [0.1, 0.15) is 34.8 Å². The summed E-state index contributed by atoms with van der Waals surface area (Å²) in [5.74, 6) is 1.58. The van der Waals surface area contributed by atoms with Crippen molar-refractivity contribution in [2.45, 2.75) is 19.4 Å². The van der Waals surface area contributed by atoms with E-state index in [9.17, 15) is 4.79 Å². The van der Waals surface area contributed by atoms with Crippen molar-refractivity contribution in [2.24, 2.45) is 0 Å². The summed E-state index contributed by atoms with van der Waals surface area (Å²) in [6, 6.07) is 8.94. The minimum absolute atomic E-state index is 0.0769. The lowest BCUT2D eigenvalue weighted by molar-refractivity contribution is -0.00900. The molecule has 0 radical (unpaired) electrons. The number of morpholine rings is 1. The number of hydrogen-bond acceptors (Lipinski definition) is 5. The molecule has 0 saturated carbocycles. The van der Waals surface area contributed by atoms with Crippen molar-refractivity contribution in [1.29, 1.82) is 0 Å². The Kier molecular flexibility index (Phi) is 4.19. The second kappa shape index (κ2) is 6.50. The molecule has 25 heavy (non-hydrogen) atoms. The van der Waals surface area contributed by atoms with Gasteiger partial charge in [0.1, 0.15) is 17.6 Å². The molecule has 1 saturated heterocycles. The van der Waals surface area contributed by atoms with Crippen LogP contribution in [0, 0.1) is 4.84 Å². The van der Waals surface area contributed by atoms with Crippen molar-refractivity contribution >= 4 is 29.2 Å². The molecule has 0 spiro atoms. The van der Waals surface area contributed by atoms with Crippen LogP contribution in [-0.4, -0.2) is 35.5 Å². The Morgan fingerprint density at radius 3 is 3.00 bits per heavy atom. The van der Waals surface area contributed by atoms with E-state index in [0.29, 0.717) is 35.7 Å². The Morgan fingerprint density at radius 2 is 2.20 bits per heavy atom. The van der Waals surface area contributed by atoms with Gasteiger partial charge in [-0.25, -0.2) is 0 Å². The molecule has 4 rings (SSSR count). The summed E-state index contributed by atoms with van der Waals surface area (Å²) < 4.78 is 16.8. The molecule has 0 unspecified atom stereocenters. The number of carbonyl (C=O) groups excluding carboxylic acids is 1. The highest BCUT2D eigenvalue weighted by molar-refractivity contribution is 7.71.